The predicted molar refractivity (Wildman–Crippen MR) is 166 cm³/mol. The predicted octanol–water partition coefficient (Wildman–Crippen LogP) is 5.23. The third kappa shape index (κ3) is 8.63. The third-order valence-corrected chi connectivity index (χ3v) is 9.42. The van der Waals surface area contributed by atoms with Crippen LogP contribution in [0.15, 0.2) is 51.9 Å². The number of hydrogen-bond donors (Lipinski definition) is 0. The maximum absolute atomic E-state index is 13.6. The van der Waals surface area contributed by atoms with Crippen LogP contribution in [0.4, 0.5) is 26.3 Å². The van der Waals surface area contributed by atoms with Crippen molar-refractivity contribution in [2.45, 2.75) is 32.3 Å². The summed E-state index contributed by atoms with van der Waals surface area (Å²) in [6.45, 7) is 6.38. The highest BCUT2D eigenvalue weighted by Crippen LogP contribution is 2.39. The van der Waals surface area contributed by atoms with Crippen LogP contribution in [0.25, 0.3) is 0 Å². The molecule has 0 aliphatic carbocycles. The number of piperazine rings is 1. The van der Waals surface area contributed by atoms with Gasteiger partial charge >= 0.3 is 12.4 Å². The van der Waals surface area contributed by atoms with E-state index in [1.807, 2.05) is 16.7 Å². The summed E-state index contributed by atoms with van der Waals surface area (Å²) in [5, 5.41) is 0.608. The summed E-state index contributed by atoms with van der Waals surface area (Å²) in [6.07, 6.45) is -9.60. The van der Waals surface area contributed by atoms with Crippen LogP contribution in [0.5, 0.6) is 11.5 Å². The van der Waals surface area contributed by atoms with E-state index in [4.69, 9.17) is 14.2 Å². The Morgan fingerprint density at radius 1 is 0.938 bits per heavy atom. The minimum atomic E-state index is -5.02. The van der Waals surface area contributed by atoms with E-state index < -0.39 is 35.6 Å². The topological polar surface area (TPSA) is 83.9 Å². The van der Waals surface area contributed by atoms with Crippen LogP contribution in [0.1, 0.15) is 29.2 Å². The number of carbonyl (C=O) groups is 2. The van der Waals surface area contributed by atoms with Crippen LogP contribution in [0.2, 0.25) is 0 Å². The molecule has 2 aromatic rings. The van der Waals surface area contributed by atoms with Crippen LogP contribution >= 0.6 is 11.8 Å². The molecular formula is C32H34F6N4O5S. The number of ether oxygens (including phenoxy) is 3. The number of rotatable bonds is 8. The number of methoxy groups -OCH3 is 1. The van der Waals surface area contributed by atoms with Gasteiger partial charge < -0.3 is 24.0 Å². The zero-order valence-corrected chi connectivity index (χ0v) is 27.1. The second kappa shape index (κ2) is 14.8. The number of allylic oxidation sites excluding steroid dienone is 1. The van der Waals surface area contributed by atoms with Crippen molar-refractivity contribution in [3.8, 4) is 11.5 Å². The van der Waals surface area contributed by atoms with Crippen molar-refractivity contribution in [1.29, 1.82) is 0 Å². The van der Waals surface area contributed by atoms with Gasteiger partial charge in [0.2, 0.25) is 5.91 Å². The Bertz CT molecular complexity index is 1580. The number of carbonyl (C=O) groups excluding carboxylic acids is 2. The van der Waals surface area contributed by atoms with Gasteiger partial charge in [-0.15, -0.1) is 0 Å². The van der Waals surface area contributed by atoms with Crippen molar-refractivity contribution < 1.29 is 50.1 Å². The first-order valence-electron chi connectivity index (χ1n) is 15.1. The Balaban J connectivity index is 1.18. The third-order valence-electron chi connectivity index (χ3n) is 8.16. The van der Waals surface area contributed by atoms with Crippen molar-refractivity contribution in [2.24, 2.45) is 4.99 Å². The summed E-state index contributed by atoms with van der Waals surface area (Å²) in [6, 6.07) is 6.20. The highest BCUT2D eigenvalue weighted by atomic mass is 32.2. The molecule has 16 heteroatoms. The lowest BCUT2D eigenvalue weighted by molar-refractivity contribution is -0.143. The first-order chi connectivity index (χ1) is 22.7. The quantitative estimate of drug-likeness (QED) is 0.274. The van der Waals surface area contributed by atoms with Crippen LogP contribution < -0.4 is 9.47 Å². The number of benzene rings is 2. The molecule has 3 aliphatic rings. The lowest BCUT2D eigenvalue weighted by Crippen LogP contribution is -2.52. The summed E-state index contributed by atoms with van der Waals surface area (Å²) in [7, 11) is 1.35. The maximum atomic E-state index is 13.6. The monoisotopic (exact) mass is 700 g/mol. The zero-order valence-electron chi connectivity index (χ0n) is 26.2. The average Bonchev–Trinajstić information content (AvgIpc) is 3.45. The lowest BCUT2D eigenvalue weighted by Gasteiger charge is -2.36. The molecule has 2 saturated heterocycles. The van der Waals surface area contributed by atoms with Gasteiger partial charge in [-0.25, -0.2) is 0 Å². The maximum Gasteiger partial charge on any atom is 0.416 e. The number of hydrogen-bond acceptors (Lipinski definition) is 8. The summed E-state index contributed by atoms with van der Waals surface area (Å²) < 4.78 is 96.0. The molecule has 0 atom stereocenters. The first kappa shape index (κ1) is 35.5. The molecule has 0 bridgehead atoms. The molecule has 2 aromatic carbocycles. The van der Waals surface area contributed by atoms with Gasteiger partial charge in [0.25, 0.3) is 5.91 Å². The minimum absolute atomic E-state index is 0.0721. The molecule has 0 radical (unpaired) electrons. The van der Waals surface area contributed by atoms with E-state index in [2.05, 4.69) is 9.89 Å². The number of thioether (sulfide) groups is 1. The number of aliphatic imine (C=N–C) groups is 1. The van der Waals surface area contributed by atoms with E-state index in [0.29, 0.717) is 81.6 Å². The van der Waals surface area contributed by atoms with Crippen LogP contribution in [0, 0.1) is 0 Å². The normalized spacial score (nSPS) is 19.0. The average molecular weight is 701 g/mol. The molecule has 3 heterocycles. The molecule has 2 fully saturated rings. The Kier molecular flexibility index (Phi) is 10.9. The van der Waals surface area contributed by atoms with Crippen molar-refractivity contribution in [1.82, 2.24) is 14.7 Å². The summed E-state index contributed by atoms with van der Waals surface area (Å²) in [5.41, 5.74) is -1.81. The highest BCUT2D eigenvalue weighted by Gasteiger charge is 2.38. The first-order valence-corrected chi connectivity index (χ1v) is 15.9. The molecule has 2 amide bonds. The molecule has 48 heavy (non-hydrogen) atoms. The van der Waals surface area contributed by atoms with Crippen molar-refractivity contribution in [2.75, 3.05) is 66.1 Å². The number of amidine groups is 1. The summed E-state index contributed by atoms with van der Waals surface area (Å²) in [5.74, 6) is 0.0445. The van der Waals surface area contributed by atoms with Gasteiger partial charge in [0.15, 0.2) is 16.7 Å². The van der Waals surface area contributed by atoms with Gasteiger partial charge in [0.05, 0.1) is 42.9 Å². The smallest absolute Gasteiger partial charge is 0.416 e. The minimum Gasteiger partial charge on any atom is -0.493 e. The molecule has 0 aromatic heterocycles. The molecule has 0 spiro atoms. The molecule has 3 aliphatic heterocycles. The van der Waals surface area contributed by atoms with Gasteiger partial charge in [-0.05, 0) is 60.5 Å². The Morgan fingerprint density at radius 2 is 1.65 bits per heavy atom. The number of nitrogens with zero attached hydrogens (tertiary/aromatic N) is 4. The van der Waals surface area contributed by atoms with E-state index in [1.165, 1.54) is 24.9 Å². The van der Waals surface area contributed by atoms with E-state index in [9.17, 15) is 35.9 Å². The number of halogens is 6. The van der Waals surface area contributed by atoms with Crippen molar-refractivity contribution in [3.05, 3.63) is 69.1 Å². The number of alkyl halides is 6. The van der Waals surface area contributed by atoms with Gasteiger partial charge in [0.1, 0.15) is 6.61 Å². The fraction of sp³-hybridized carbons (Fsp3) is 0.469. The van der Waals surface area contributed by atoms with Crippen molar-refractivity contribution in [3.63, 3.8) is 0 Å². The standard InChI is InChI=1S/C32H34F6N4O5S/c1-20(28-29(44)39-30(48-28)42-9-7-40(8-10-42)18-27(43)41-11-13-46-14-12-41)15-21-3-6-25(26(16-21)45-2)47-19-22-4-5-23(31(33,34)35)17-24(22)32(36,37)38/h3-6,16-17H,7-15,18-19H2,1-2H3/b28-20+. The number of morpholine rings is 1. The SMILES string of the molecule is COc1cc(C/C(C)=C2/SC(N3CCN(CC(=O)N4CCOCC4)CC3)=NC2=O)ccc1OCc1ccc(C(F)(F)F)cc1C(F)(F)F. The second-order valence-electron chi connectivity index (χ2n) is 11.5. The van der Waals surface area contributed by atoms with Crippen molar-refractivity contribution >= 4 is 28.7 Å². The van der Waals surface area contributed by atoms with E-state index in [0.717, 1.165) is 17.2 Å². The van der Waals surface area contributed by atoms with Gasteiger partial charge in [-0.1, -0.05) is 12.1 Å². The van der Waals surface area contributed by atoms with E-state index in [-0.39, 0.29) is 29.4 Å². The van der Waals surface area contributed by atoms with Crippen LogP contribution in [-0.4, -0.2) is 97.8 Å². The van der Waals surface area contributed by atoms with E-state index in [1.54, 1.807) is 12.1 Å². The molecular weight excluding hydrogens is 666 g/mol. The molecule has 9 nitrogen and oxygen atoms in total. The Hall–Kier alpha value is -3.76. The van der Waals surface area contributed by atoms with Gasteiger partial charge in [-0.2, -0.15) is 31.3 Å². The van der Waals surface area contributed by atoms with Gasteiger partial charge in [-0.3, -0.25) is 14.5 Å². The van der Waals surface area contributed by atoms with Crippen LogP contribution in [0.3, 0.4) is 0 Å². The highest BCUT2D eigenvalue weighted by molar-refractivity contribution is 8.18. The Morgan fingerprint density at radius 3 is 2.29 bits per heavy atom. The molecule has 5 rings (SSSR count). The summed E-state index contributed by atoms with van der Waals surface area (Å²) in [4.78, 5) is 36.2. The van der Waals surface area contributed by atoms with Gasteiger partial charge in [0, 0.05) is 44.8 Å². The molecule has 0 saturated carbocycles. The van der Waals surface area contributed by atoms with Crippen LogP contribution in [-0.2, 0) is 39.7 Å². The zero-order chi connectivity index (χ0) is 34.6. The fourth-order valence-corrected chi connectivity index (χ4v) is 6.53. The second-order valence-corrected chi connectivity index (χ2v) is 12.5. The molecule has 260 valence electrons. The lowest BCUT2D eigenvalue weighted by atomic mass is 10.0. The Labute approximate surface area is 277 Å². The molecule has 0 unspecified atom stereocenters. The van der Waals surface area contributed by atoms with E-state index >= 15 is 0 Å². The largest absolute Gasteiger partial charge is 0.493 e. The number of amides is 2. The fourth-order valence-electron chi connectivity index (χ4n) is 5.53. The molecule has 0 N–H and O–H groups in total. The summed E-state index contributed by atoms with van der Waals surface area (Å²) >= 11 is 1.30.